The molecule has 33 heavy (non-hydrogen) atoms. The van der Waals surface area contributed by atoms with Crippen LogP contribution in [0, 0.1) is 22.6 Å². The van der Waals surface area contributed by atoms with E-state index in [1.807, 2.05) is 7.05 Å². The number of likely N-dealkylation sites (N-methyl/N-ethyl adjacent to an activating group) is 1. The molecular weight excluding hydrogens is 421 g/mol. The molecule has 1 aromatic heterocycles. The Balaban J connectivity index is 1.41. The van der Waals surface area contributed by atoms with Gasteiger partial charge in [-0.05, 0) is 57.0 Å². The number of carbonyl (C=O) groups excluding carboxylic acids is 2. The van der Waals surface area contributed by atoms with Gasteiger partial charge in [-0.15, -0.1) is 0 Å². The highest BCUT2D eigenvalue weighted by Gasteiger charge is 2.46. The summed E-state index contributed by atoms with van der Waals surface area (Å²) in [7, 11) is 2.02. The molecular formula is C25H28FN5O2. The molecule has 1 saturated heterocycles. The molecule has 2 amide bonds. The largest absolute Gasteiger partial charge is 0.349 e. The highest BCUT2D eigenvalue weighted by Crippen LogP contribution is 2.38. The van der Waals surface area contributed by atoms with Crippen molar-refractivity contribution in [2.75, 3.05) is 33.2 Å². The van der Waals surface area contributed by atoms with Crippen molar-refractivity contribution in [3.05, 3.63) is 54.0 Å². The molecule has 8 heteroatoms. The molecule has 1 N–H and O–H groups in total. The van der Waals surface area contributed by atoms with E-state index in [4.69, 9.17) is 0 Å². The number of rotatable bonds is 4. The van der Waals surface area contributed by atoms with Gasteiger partial charge in [0.25, 0.3) is 5.91 Å². The number of piperazine rings is 1. The Morgan fingerprint density at radius 3 is 2.67 bits per heavy atom. The van der Waals surface area contributed by atoms with Crippen LogP contribution in [0.5, 0.6) is 0 Å². The lowest BCUT2D eigenvalue weighted by molar-refractivity contribution is -0.142. The highest BCUT2D eigenvalue weighted by atomic mass is 19.1. The number of hydrogen-bond donors (Lipinski definition) is 1. The first-order valence-corrected chi connectivity index (χ1v) is 11.3. The lowest BCUT2D eigenvalue weighted by Gasteiger charge is -2.40. The van der Waals surface area contributed by atoms with Gasteiger partial charge in [0.2, 0.25) is 5.91 Å². The lowest BCUT2D eigenvalue weighted by atomic mass is 9.72. The van der Waals surface area contributed by atoms with Gasteiger partial charge in [-0.25, -0.2) is 4.39 Å². The van der Waals surface area contributed by atoms with Crippen molar-refractivity contribution in [3.8, 4) is 17.3 Å². The molecule has 1 aliphatic heterocycles. The number of halogens is 1. The van der Waals surface area contributed by atoms with E-state index in [1.54, 1.807) is 29.2 Å². The van der Waals surface area contributed by atoms with E-state index in [2.05, 4.69) is 21.3 Å². The molecule has 2 atom stereocenters. The Kier molecular flexibility index (Phi) is 6.70. The topological polar surface area (TPSA) is 89.3 Å². The van der Waals surface area contributed by atoms with Crippen LogP contribution in [0.25, 0.3) is 11.3 Å². The standard InChI is InChI=1S/C25H28FN5O2/c1-30-10-12-31(13-11-30)24(33)25(17-27)9-3-6-21(15-25)29-23(32)19-7-8-22(28-16-19)18-4-2-5-20(26)14-18/h2,4-5,7-8,14,16,21H,3,6,9-13,15H2,1H3,(H,29,32). The SMILES string of the molecule is CN1CCN(C(=O)C2(C#N)CCCC(NC(=O)c3ccc(-c4cccc(F)c4)nc3)C2)CC1. The van der Waals surface area contributed by atoms with Crippen LogP contribution in [0.2, 0.25) is 0 Å². The molecule has 1 aliphatic carbocycles. The highest BCUT2D eigenvalue weighted by molar-refractivity contribution is 5.94. The quantitative estimate of drug-likeness (QED) is 0.775. The lowest BCUT2D eigenvalue weighted by Crippen LogP contribution is -2.54. The van der Waals surface area contributed by atoms with Crippen molar-refractivity contribution in [3.63, 3.8) is 0 Å². The summed E-state index contributed by atoms with van der Waals surface area (Å²) in [5.41, 5.74) is 0.500. The van der Waals surface area contributed by atoms with Crippen LogP contribution in [0.15, 0.2) is 42.6 Å². The Morgan fingerprint density at radius 2 is 2.00 bits per heavy atom. The van der Waals surface area contributed by atoms with Gasteiger partial charge < -0.3 is 15.1 Å². The van der Waals surface area contributed by atoms with Crippen LogP contribution >= 0.6 is 0 Å². The monoisotopic (exact) mass is 449 g/mol. The summed E-state index contributed by atoms with van der Waals surface area (Å²) in [6.07, 6.45) is 3.72. The molecule has 0 radical (unpaired) electrons. The van der Waals surface area contributed by atoms with E-state index in [1.165, 1.54) is 18.3 Å². The molecule has 0 spiro atoms. The third-order valence-corrected chi connectivity index (χ3v) is 6.65. The van der Waals surface area contributed by atoms with Gasteiger partial charge >= 0.3 is 0 Å². The van der Waals surface area contributed by atoms with Crippen molar-refractivity contribution < 1.29 is 14.0 Å². The van der Waals surface area contributed by atoms with Crippen LogP contribution in [-0.2, 0) is 4.79 Å². The van der Waals surface area contributed by atoms with Crippen LogP contribution in [0.1, 0.15) is 36.0 Å². The van der Waals surface area contributed by atoms with E-state index in [9.17, 15) is 19.2 Å². The maximum absolute atomic E-state index is 13.5. The number of nitriles is 1. The van der Waals surface area contributed by atoms with Crippen molar-refractivity contribution in [2.45, 2.75) is 31.7 Å². The molecule has 2 unspecified atom stereocenters. The second-order valence-corrected chi connectivity index (χ2v) is 9.00. The Morgan fingerprint density at radius 1 is 1.21 bits per heavy atom. The Hall–Kier alpha value is -3.31. The van der Waals surface area contributed by atoms with E-state index < -0.39 is 5.41 Å². The zero-order valence-electron chi connectivity index (χ0n) is 18.8. The summed E-state index contributed by atoms with van der Waals surface area (Å²) >= 11 is 0. The fourth-order valence-electron chi connectivity index (χ4n) is 4.67. The van der Waals surface area contributed by atoms with Gasteiger partial charge in [-0.1, -0.05) is 12.1 Å². The molecule has 2 aromatic rings. The van der Waals surface area contributed by atoms with Gasteiger partial charge in [0.05, 0.1) is 17.3 Å². The number of carbonyl (C=O) groups is 2. The number of benzene rings is 1. The minimum absolute atomic E-state index is 0.113. The number of nitrogens with one attached hydrogen (secondary N) is 1. The molecule has 1 aromatic carbocycles. The summed E-state index contributed by atoms with van der Waals surface area (Å²) in [5.74, 6) is -0.752. The first kappa shape index (κ1) is 22.9. The fraction of sp³-hybridized carbons (Fsp3) is 0.440. The predicted molar refractivity (Wildman–Crippen MR) is 121 cm³/mol. The fourth-order valence-corrected chi connectivity index (χ4v) is 4.67. The zero-order chi connectivity index (χ0) is 23.4. The molecule has 7 nitrogen and oxygen atoms in total. The van der Waals surface area contributed by atoms with Crippen LogP contribution in [0.3, 0.4) is 0 Å². The first-order valence-electron chi connectivity index (χ1n) is 11.3. The van der Waals surface area contributed by atoms with Gasteiger partial charge in [0, 0.05) is 44.0 Å². The van der Waals surface area contributed by atoms with Crippen LogP contribution in [0.4, 0.5) is 4.39 Å². The molecule has 2 heterocycles. The third kappa shape index (κ3) is 5.04. The maximum Gasteiger partial charge on any atom is 0.253 e. The molecule has 172 valence electrons. The molecule has 4 rings (SSSR count). The van der Waals surface area contributed by atoms with E-state index in [0.717, 1.165) is 19.5 Å². The average molecular weight is 450 g/mol. The smallest absolute Gasteiger partial charge is 0.253 e. The van der Waals surface area contributed by atoms with E-state index >= 15 is 0 Å². The molecule has 2 aliphatic rings. The van der Waals surface area contributed by atoms with Crippen molar-refractivity contribution in [1.29, 1.82) is 5.26 Å². The second-order valence-electron chi connectivity index (χ2n) is 9.00. The number of aromatic nitrogens is 1. The number of amides is 2. The second kappa shape index (κ2) is 9.67. The van der Waals surface area contributed by atoms with Crippen LogP contribution < -0.4 is 5.32 Å². The van der Waals surface area contributed by atoms with Gasteiger partial charge in [0.15, 0.2) is 0 Å². The molecule has 1 saturated carbocycles. The van der Waals surface area contributed by atoms with Crippen molar-refractivity contribution in [1.82, 2.24) is 20.1 Å². The normalized spacial score (nSPS) is 23.5. The van der Waals surface area contributed by atoms with E-state index in [-0.39, 0.29) is 23.7 Å². The van der Waals surface area contributed by atoms with Gasteiger partial charge in [-0.3, -0.25) is 14.6 Å². The van der Waals surface area contributed by atoms with Gasteiger partial charge in [0.1, 0.15) is 11.2 Å². The summed E-state index contributed by atoms with van der Waals surface area (Å²) in [6.45, 7) is 2.84. The first-order chi connectivity index (χ1) is 15.9. The minimum atomic E-state index is -1.09. The minimum Gasteiger partial charge on any atom is -0.349 e. The number of pyridine rings is 1. The summed E-state index contributed by atoms with van der Waals surface area (Å²) < 4.78 is 13.5. The molecule has 2 fully saturated rings. The third-order valence-electron chi connectivity index (χ3n) is 6.65. The zero-order valence-corrected chi connectivity index (χ0v) is 18.8. The molecule has 0 bridgehead atoms. The number of nitrogens with zero attached hydrogens (tertiary/aromatic N) is 4. The Bertz CT molecular complexity index is 1060. The van der Waals surface area contributed by atoms with Gasteiger partial charge in [-0.2, -0.15) is 5.26 Å². The maximum atomic E-state index is 13.5. The van der Waals surface area contributed by atoms with Crippen molar-refractivity contribution >= 4 is 11.8 Å². The van der Waals surface area contributed by atoms with Crippen LogP contribution in [-0.4, -0.2) is 65.9 Å². The summed E-state index contributed by atoms with van der Waals surface area (Å²) in [5, 5.41) is 13.0. The summed E-state index contributed by atoms with van der Waals surface area (Å²) in [6, 6.07) is 11.5. The summed E-state index contributed by atoms with van der Waals surface area (Å²) in [4.78, 5) is 34.3. The Labute approximate surface area is 193 Å². The number of hydrogen-bond acceptors (Lipinski definition) is 5. The average Bonchev–Trinajstić information content (AvgIpc) is 2.84. The van der Waals surface area contributed by atoms with Crippen molar-refractivity contribution in [2.24, 2.45) is 5.41 Å². The predicted octanol–water partition coefficient (Wildman–Crippen LogP) is 2.84. The van der Waals surface area contributed by atoms with E-state index in [0.29, 0.717) is 49.2 Å².